The average molecular weight is 295 g/mol. The maximum absolute atomic E-state index is 11.6. The van der Waals surface area contributed by atoms with E-state index in [1.807, 2.05) is 27.9 Å². The number of amides is 1. The van der Waals surface area contributed by atoms with Crippen molar-refractivity contribution in [2.75, 3.05) is 42.7 Å². The molecule has 1 amide bonds. The molecule has 0 aromatic carbocycles. The monoisotopic (exact) mass is 295 g/mol. The molecule has 0 aliphatic rings. The number of carbonyl (C=O) groups excluding carboxylic acids is 1. The summed E-state index contributed by atoms with van der Waals surface area (Å²) in [4.78, 5) is 26.2. The third-order valence-electron chi connectivity index (χ3n) is 2.41. The Balaban J connectivity index is 2.75. The zero-order chi connectivity index (χ0) is 15.8. The number of hydrogen-bond donors (Lipinski definition) is 3. The molecule has 0 aliphatic heterocycles. The Morgan fingerprint density at radius 2 is 1.76 bits per heavy atom. The van der Waals surface area contributed by atoms with Crippen molar-refractivity contribution < 1.29 is 4.79 Å². The van der Waals surface area contributed by atoms with Crippen molar-refractivity contribution in [2.45, 2.75) is 33.2 Å². The van der Waals surface area contributed by atoms with Gasteiger partial charge >= 0.3 is 0 Å². The minimum Gasteiger partial charge on any atom is -0.354 e. The topological polar surface area (TPSA) is 95.1 Å². The van der Waals surface area contributed by atoms with E-state index in [1.165, 1.54) is 0 Å². The molecule has 3 N–H and O–H groups in total. The van der Waals surface area contributed by atoms with E-state index in [2.05, 4.69) is 37.8 Å². The first-order valence-electron chi connectivity index (χ1n) is 7.12. The molecule has 0 atom stereocenters. The number of rotatable bonds is 8. The number of nitrogens with zero attached hydrogens (tertiary/aromatic N) is 4. The summed E-state index contributed by atoms with van der Waals surface area (Å²) in [6.07, 6.45) is 0.975. The van der Waals surface area contributed by atoms with Crippen molar-refractivity contribution in [1.29, 1.82) is 0 Å². The lowest BCUT2D eigenvalue weighted by Crippen LogP contribution is -2.35. The summed E-state index contributed by atoms with van der Waals surface area (Å²) in [6, 6.07) is 0.108. The van der Waals surface area contributed by atoms with E-state index in [4.69, 9.17) is 0 Å². The Morgan fingerprint density at radius 1 is 1.14 bits per heavy atom. The largest absolute Gasteiger partial charge is 0.354 e. The summed E-state index contributed by atoms with van der Waals surface area (Å²) in [7, 11) is 3.71. The summed E-state index contributed by atoms with van der Waals surface area (Å²) in [5.41, 5.74) is 0. The van der Waals surface area contributed by atoms with Crippen molar-refractivity contribution >= 4 is 23.8 Å². The normalized spacial score (nSPS) is 10.4. The third kappa shape index (κ3) is 6.24. The van der Waals surface area contributed by atoms with Crippen LogP contribution in [0.25, 0.3) is 0 Å². The summed E-state index contributed by atoms with van der Waals surface area (Å²) in [5, 5.41) is 8.84. The summed E-state index contributed by atoms with van der Waals surface area (Å²) in [5.74, 6) is 1.32. The van der Waals surface area contributed by atoms with Gasteiger partial charge in [-0.15, -0.1) is 0 Å². The Labute approximate surface area is 125 Å². The molecule has 1 rings (SSSR count). The van der Waals surface area contributed by atoms with E-state index < -0.39 is 0 Å². The molecular formula is C13H25N7O. The SMILES string of the molecule is CCCNc1nc(NCC(=O)NC(C)C)nc(N(C)C)n1. The highest BCUT2D eigenvalue weighted by molar-refractivity contribution is 5.80. The number of hydrogen-bond acceptors (Lipinski definition) is 7. The fourth-order valence-corrected chi connectivity index (χ4v) is 1.49. The van der Waals surface area contributed by atoms with Crippen LogP contribution in [0.15, 0.2) is 0 Å². The average Bonchev–Trinajstić information content (AvgIpc) is 2.42. The lowest BCUT2D eigenvalue weighted by atomic mass is 10.4. The molecule has 0 bridgehead atoms. The molecular weight excluding hydrogens is 270 g/mol. The van der Waals surface area contributed by atoms with Crippen molar-refractivity contribution in [3.8, 4) is 0 Å². The van der Waals surface area contributed by atoms with Crippen LogP contribution in [0.3, 0.4) is 0 Å². The van der Waals surface area contributed by atoms with Crippen molar-refractivity contribution in [2.24, 2.45) is 0 Å². The second kappa shape index (κ2) is 8.23. The second-order valence-electron chi connectivity index (χ2n) is 5.18. The van der Waals surface area contributed by atoms with Crippen LogP contribution >= 0.6 is 0 Å². The van der Waals surface area contributed by atoms with Crippen molar-refractivity contribution in [1.82, 2.24) is 20.3 Å². The Bertz CT molecular complexity index is 462. The molecule has 1 aromatic heterocycles. The predicted octanol–water partition coefficient (Wildman–Crippen LogP) is 0.696. The number of anilines is 3. The van der Waals surface area contributed by atoms with Crippen LogP contribution in [0.2, 0.25) is 0 Å². The molecule has 21 heavy (non-hydrogen) atoms. The Morgan fingerprint density at radius 3 is 2.29 bits per heavy atom. The van der Waals surface area contributed by atoms with Crippen LogP contribution < -0.4 is 20.9 Å². The molecule has 0 unspecified atom stereocenters. The first kappa shape index (κ1) is 16.9. The van der Waals surface area contributed by atoms with Crippen LogP contribution in [0.1, 0.15) is 27.2 Å². The quantitative estimate of drug-likeness (QED) is 0.649. The van der Waals surface area contributed by atoms with Gasteiger partial charge in [-0.1, -0.05) is 6.92 Å². The molecule has 8 nitrogen and oxygen atoms in total. The maximum Gasteiger partial charge on any atom is 0.239 e. The molecule has 0 radical (unpaired) electrons. The van der Waals surface area contributed by atoms with Crippen molar-refractivity contribution in [3.63, 3.8) is 0 Å². The van der Waals surface area contributed by atoms with Crippen LogP contribution in [-0.4, -0.2) is 54.1 Å². The summed E-state index contributed by atoms with van der Waals surface area (Å²) in [6.45, 7) is 6.80. The van der Waals surface area contributed by atoms with Gasteiger partial charge in [0.05, 0.1) is 6.54 Å². The van der Waals surface area contributed by atoms with Crippen LogP contribution in [-0.2, 0) is 4.79 Å². The zero-order valence-corrected chi connectivity index (χ0v) is 13.4. The number of nitrogens with one attached hydrogen (secondary N) is 3. The highest BCUT2D eigenvalue weighted by Crippen LogP contribution is 2.11. The van der Waals surface area contributed by atoms with Gasteiger partial charge in [-0.2, -0.15) is 15.0 Å². The van der Waals surface area contributed by atoms with E-state index in [0.29, 0.717) is 17.8 Å². The number of aromatic nitrogens is 3. The second-order valence-corrected chi connectivity index (χ2v) is 5.18. The summed E-state index contributed by atoms with van der Waals surface area (Å²) < 4.78 is 0. The summed E-state index contributed by atoms with van der Waals surface area (Å²) >= 11 is 0. The van der Waals surface area contributed by atoms with Crippen LogP contribution in [0, 0.1) is 0 Å². The zero-order valence-electron chi connectivity index (χ0n) is 13.4. The Kier molecular flexibility index (Phi) is 6.64. The van der Waals surface area contributed by atoms with Crippen molar-refractivity contribution in [3.05, 3.63) is 0 Å². The molecule has 118 valence electrons. The fourth-order valence-electron chi connectivity index (χ4n) is 1.49. The first-order chi connectivity index (χ1) is 9.92. The van der Waals surface area contributed by atoms with Gasteiger partial charge in [-0.25, -0.2) is 0 Å². The van der Waals surface area contributed by atoms with Gasteiger partial charge in [0.1, 0.15) is 0 Å². The van der Waals surface area contributed by atoms with Gasteiger partial charge in [0.2, 0.25) is 23.8 Å². The molecule has 0 fully saturated rings. The standard InChI is InChI=1S/C13H25N7O/c1-6-7-14-11-17-12(19-13(18-11)20(4)5)15-8-10(21)16-9(2)3/h9H,6-8H2,1-5H3,(H,16,21)(H2,14,15,17,18,19). The number of carbonyl (C=O) groups is 1. The predicted molar refractivity (Wildman–Crippen MR) is 84.7 cm³/mol. The maximum atomic E-state index is 11.6. The van der Waals surface area contributed by atoms with Gasteiger partial charge in [-0.3, -0.25) is 4.79 Å². The highest BCUT2D eigenvalue weighted by atomic mass is 16.1. The van der Waals surface area contributed by atoms with Gasteiger partial charge < -0.3 is 20.9 Å². The third-order valence-corrected chi connectivity index (χ3v) is 2.41. The van der Waals surface area contributed by atoms with Crippen LogP contribution in [0.5, 0.6) is 0 Å². The highest BCUT2D eigenvalue weighted by Gasteiger charge is 2.09. The van der Waals surface area contributed by atoms with E-state index >= 15 is 0 Å². The Hall–Kier alpha value is -2.12. The van der Waals surface area contributed by atoms with Crippen LogP contribution in [0.4, 0.5) is 17.8 Å². The smallest absolute Gasteiger partial charge is 0.239 e. The lowest BCUT2D eigenvalue weighted by Gasteiger charge is -2.14. The van der Waals surface area contributed by atoms with Gasteiger partial charge in [-0.05, 0) is 20.3 Å². The fraction of sp³-hybridized carbons (Fsp3) is 0.692. The molecule has 0 aliphatic carbocycles. The van der Waals surface area contributed by atoms with E-state index in [9.17, 15) is 4.79 Å². The molecule has 0 saturated heterocycles. The van der Waals surface area contributed by atoms with E-state index in [-0.39, 0.29) is 18.5 Å². The molecule has 1 aromatic rings. The molecule has 1 heterocycles. The molecule has 0 saturated carbocycles. The lowest BCUT2D eigenvalue weighted by molar-refractivity contribution is -0.119. The minimum absolute atomic E-state index is 0.0973. The minimum atomic E-state index is -0.0973. The van der Waals surface area contributed by atoms with E-state index in [0.717, 1.165) is 13.0 Å². The first-order valence-corrected chi connectivity index (χ1v) is 7.12. The molecule has 8 heteroatoms. The van der Waals surface area contributed by atoms with E-state index in [1.54, 1.807) is 4.90 Å². The van der Waals surface area contributed by atoms with Gasteiger partial charge in [0.25, 0.3) is 0 Å². The van der Waals surface area contributed by atoms with Gasteiger partial charge in [0.15, 0.2) is 0 Å². The molecule has 0 spiro atoms. The van der Waals surface area contributed by atoms with Gasteiger partial charge in [0, 0.05) is 26.7 Å².